The number of hydrogen-bond acceptors (Lipinski definition) is 5. The molecule has 0 saturated heterocycles. The molecular weight excluding hydrogens is 426 g/mol. The van der Waals surface area contributed by atoms with Gasteiger partial charge in [-0.05, 0) is 58.7 Å². The Balaban J connectivity index is 3.13. The van der Waals surface area contributed by atoms with Crippen molar-refractivity contribution in [3.8, 4) is 0 Å². The van der Waals surface area contributed by atoms with Crippen molar-refractivity contribution in [3.63, 3.8) is 0 Å². The number of rotatable bonds is 15. The normalized spacial score (nSPS) is 14.7. The van der Waals surface area contributed by atoms with Crippen LogP contribution >= 0.6 is 0 Å². The van der Waals surface area contributed by atoms with Crippen LogP contribution in [0.1, 0.15) is 53.7 Å². The second-order valence-electron chi connectivity index (χ2n) is 8.31. The molecule has 0 aliphatic heterocycles. The van der Waals surface area contributed by atoms with Crippen molar-refractivity contribution in [3.05, 3.63) is 78.5 Å². The van der Waals surface area contributed by atoms with Crippen LogP contribution in [-0.2, 0) is 27.4 Å². The summed E-state index contributed by atoms with van der Waals surface area (Å²) in [4.78, 5) is 32.9. The van der Waals surface area contributed by atoms with Gasteiger partial charge in [0.15, 0.2) is 5.78 Å². The number of likely N-dealkylation sites (N-methyl/N-ethyl adjacent to an activating group) is 1. The van der Waals surface area contributed by atoms with Gasteiger partial charge >= 0.3 is 5.97 Å². The molecule has 1 atom stereocenters. The second kappa shape index (κ2) is 15.0. The van der Waals surface area contributed by atoms with E-state index in [0.717, 1.165) is 11.3 Å². The number of imidazole rings is 1. The summed E-state index contributed by atoms with van der Waals surface area (Å²) >= 11 is 0. The summed E-state index contributed by atoms with van der Waals surface area (Å²) < 4.78 is 7.41. The van der Waals surface area contributed by atoms with E-state index in [1.165, 1.54) is 5.57 Å². The minimum Gasteiger partial charge on any atom is -0.465 e. The van der Waals surface area contributed by atoms with Crippen LogP contribution in [-0.4, -0.2) is 45.9 Å². The predicted molar refractivity (Wildman–Crippen MR) is 139 cm³/mol. The van der Waals surface area contributed by atoms with Crippen LogP contribution in [0.3, 0.4) is 0 Å². The Hall–Kier alpha value is -2.99. The molecule has 0 amide bonds. The van der Waals surface area contributed by atoms with Crippen LogP contribution < -0.4 is 0 Å². The number of nitrogens with zero attached hydrogens (tertiary/aromatic N) is 3. The van der Waals surface area contributed by atoms with E-state index in [9.17, 15) is 9.59 Å². The molecule has 0 radical (unpaired) electrons. The number of ether oxygens (including phenoxy) is 1. The SMILES string of the molecule is C=C/C=C(\C=C/C)CC(C)(C(=O)CN(CC)Cc1cncn1CC(/C=C\C)=C/C)C(=O)OCC. The van der Waals surface area contributed by atoms with Gasteiger partial charge < -0.3 is 9.30 Å². The topological polar surface area (TPSA) is 64.4 Å². The molecule has 1 rings (SSSR count). The summed E-state index contributed by atoms with van der Waals surface area (Å²) in [5, 5.41) is 0. The number of Topliss-reactive ketones (excluding diaryl/α,β-unsaturated/α-hetero) is 1. The minimum atomic E-state index is -1.29. The molecular formula is C28H41N3O3. The van der Waals surface area contributed by atoms with E-state index in [1.807, 2.05) is 69.4 Å². The average Bonchev–Trinajstić information content (AvgIpc) is 3.24. The van der Waals surface area contributed by atoms with Crippen molar-refractivity contribution in [2.45, 2.75) is 61.1 Å². The van der Waals surface area contributed by atoms with Crippen molar-refractivity contribution in [2.75, 3.05) is 19.7 Å². The quantitative estimate of drug-likeness (QED) is 0.195. The number of carbonyl (C=O) groups excluding carboxylic acids is 2. The van der Waals surface area contributed by atoms with Crippen molar-refractivity contribution < 1.29 is 14.3 Å². The highest BCUT2D eigenvalue weighted by Crippen LogP contribution is 2.30. The summed E-state index contributed by atoms with van der Waals surface area (Å²) in [5.41, 5.74) is 1.76. The lowest BCUT2D eigenvalue weighted by atomic mass is 9.78. The molecule has 0 aliphatic rings. The molecule has 6 heteroatoms. The molecule has 0 spiro atoms. The summed E-state index contributed by atoms with van der Waals surface area (Å²) in [6.07, 6.45) is 17.3. The Morgan fingerprint density at radius 3 is 2.41 bits per heavy atom. The summed E-state index contributed by atoms with van der Waals surface area (Å²) in [6, 6.07) is 0. The van der Waals surface area contributed by atoms with Crippen LogP contribution in [0.4, 0.5) is 0 Å². The number of ketones is 1. The maximum Gasteiger partial charge on any atom is 0.319 e. The molecule has 0 bridgehead atoms. The van der Waals surface area contributed by atoms with Gasteiger partial charge in [0.2, 0.25) is 0 Å². The summed E-state index contributed by atoms with van der Waals surface area (Å²) in [5.74, 6) is -0.661. The van der Waals surface area contributed by atoms with Gasteiger partial charge in [-0.3, -0.25) is 14.5 Å². The predicted octanol–water partition coefficient (Wildman–Crippen LogP) is 5.44. The maximum atomic E-state index is 13.6. The molecule has 186 valence electrons. The third-order valence-electron chi connectivity index (χ3n) is 5.71. The third-order valence-corrected chi connectivity index (χ3v) is 5.71. The molecule has 1 aromatic heterocycles. The molecule has 1 unspecified atom stereocenters. The Labute approximate surface area is 205 Å². The zero-order valence-corrected chi connectivity index (χ0v) is 21.7. The lowest BCUT2D eigenvalue weighted by molar-refractivity contribution is -0.159. The zero-order valence-electron chi connectivity index (χ0n) is 21.7. The van der Waals surface area contributed by atoms with E-state index in [-0.39, 0.29) is 25.4 Å². The van der Waals surface area contributed by atoms with Gasteiger partial charge in [0, 0.05) is 19.3 Å². The average molecular weight is 468 g/mol. The summed E-state index contributed by atoms with van der Waals surface area (Å²) in [6.45, 7) is 17.4. The smallest absolute Gasteiger partial charge is 0.319 e. The van der Waals surface area contributed by atoms with Crippen LogP contribution in [0.5, 0.6) is 0 Å². The highest BCUT2D eigenvalue weighted by Gasteiger charge is 2.43. The molecule has 0 saturated carbocycles. The number of hydrogen-bond donors (Lipinski definition) is 0. The Kier molecular flexibility index (Phi) is 12.8. The molecule has 1 aromatic rings. The monoisotopic (exact) mass is 467 g/mol. The Morgan fingerprint density at radius 1 is 1.18 bits per heavy atom. The number of allylic oxidation sites excluding steroid dienone is 9. The first kappa shape index (κ1) is 29.0. The van der Waals surface area contributed by atoms with E-state index in [0.29, 0.717) is 19.6 Å². The maximum absolute atomic E-state index is 13.6. The number of aromatic nitrogens is 2. The van der Waals surface area contributed by atoms with E-state index in [1.54, 1.807) is 19.9 Å². The molecule has 0 aromatic carbocycles. The first-order valence-corrected chi connectivity index (χ1v) is 11.9. The third kappa shape index (κ3) is 8.41. The van der Waals surface area contributed by atoms with Gasteiger partial charge in [-0.15, -0.1) is 0 Å². The fraction of sp³-hybridized carbons (Fsp3) is 0.464. The largest absolute Gasteiger partial charge is 0.465 e. The van der Waals surface area contributed by atoms with Gasteiger partial charge in [0.25, 0.3) is 0 Å². The van der Waals surface area contributed by atoms with Crippen molar-refractivity contribution in [1.29, 1.82) is 0 Å². The standard InChI is InChI=1S/C28H41N3O3/c1-8-14-23(11-4)19-31-22-29-18-25(31)20-30(12-5)21-26(32)28(7,27(33)34-13-6)17-24(15-9-2)16-10-3/h8-11,14-16,18,22H,2,12-13,17,19-21H2,1,3-7H3/b14-8-,16-10-,23-11+,24-15+. The zero-order chi connectivity index (χ0) is 25.6. The van der Waals surface area contributed by atoms with E-state index < -0.39 is 11.4 Å². The van der Waals surface area contributed by atoms with Gasteiger partial charge in [-0.25, -0.2) is 4.98 Å². The van der Waals surface area contributed by atoms with Crippen molar-refractivity contribution in [2.24, 2.45) is 5.41 Å². The van der Waals surface area contributed by atoms with Crippen LogP contribution in [0.15, 0.2) is 72.8 Å². The van der Waals surface area contributed by atoms with Crippen molar-refractivity contribution in [1.82, 2.24) is 14.5 Å². The molecule has 0 N–H and O–H groups in total. The van der Waals surface area contributed by atoms with Crippen LogP contribution in [0.25, 0.3) is 0 Å². The number of esters is 1. The van der Waals surface area contributed by atoms with Gasteiger partial charge in [0.1, 0.15) is 5.41 Å². The van der Waals surface area contributed by atoms with E-state index in [2.05, 4.69) is 28.3 Å². The second-order valence-corrected chi connectivity index (χ2v) is 8.31. The Morgan fingerprint density at radius 2 is 1.85 bits per heavy atom. The Bertz CT molecular complexity index is 936. The molecule has 0 aliphatic carbocycles. The fourth-order valence-electron chi connectivity index (χ4n) is 3.68. The van der Waals surface area contributed by atoms with E-state index in [4.69, 9.17) is 4.74 Å². The molecule has 1 heterocycles. The van der Waals surface area contributed by atoms with Gasteiger partial charge in [-0.2, -0.15) is 0 Å². The van der Waals surface area contributed by atoms with Gasteiger partial charge in [0.05, 0.1) is 25.2 Å². The lowest BCUT2D eigenvalue weighted by Gasteiger charge is -2.29. The molecule has 0 fully saturated rings. The van der Waals surface area contributed by atoms with Crippen LogP contribution in [0.2, 0.25) is 0 Å². The molecule has 6 nitrogen and oxygen atoms in total. The highest BCUT2D eigenvalue weighted by molar-refractivity contribution is 6.04. The van der Waals surface area contributed by atoms with E-state index >= 15 is 0 Å². The summed E-state index contributed by atoms with van der Waals surface area (Å²) in [7, 11) is 0. The molecule has 34 heavy (non-hydrogen) atoms. The van der Waals surface area contributed by atoms with Gasteiger partial charge in [-0.1, -0.05) is 56.0 Å². The van der Waals surface area contributed by atoms with Crippen molar-refractivity contribution >= 4 is 11.8 Å². The number of carbonyl (C=O) groups is 2. The van der Waals surface area contributed by atoms with Crippen LogP contribution in [0, 0.1) is 5.41 Å². The lowest BCUT2D eigenvalue weighted by Crippen LogP contribution is -2.44. The first-order chi connectivity index (χ1) is 16.3. The fourth-order valence-corrected chi connectivity index (χ4v) is 3.68. The first-order valence-electron chi connectivity index (χ1n) is 11.9. The minimum absolute atomic E-state index is 0.138. The highest BCUT2D eigenvalue weighted by atomic mass is 16.5.